The maximum atomic E-state index is 12.4. The molecule has 1 amide bonds. The Bertz CT molecular complexity index is 418. The van der Waals surface area contributed by atoms with Crippen molar-refractivity contribution in [1.82, 2.24) is 5.32 Å². The highest BCUT2D eigenvalue weighted by atomic mass is 16.5. The summed E-state index contributed by atoms with van der Waals surface area (Å²) in [5.41, 5.74) is 0.330. The van der Waals surface area contributed by atoms with Crippen LogP contribution in [0.25, 0.3) is 0 Å². The largest absolute Gasteiger partial charge is 0.385 e. The van der Waals surface area contributed by atoms with Crippen LogP contribution >= 0.6 is 0 Å². The SMILES string of the molecule is COCCCCCOCCOCCNC(=O)CC12CC3CC(CC(C3)C1)C2. The van der Waals surface area contributed by atoms with Crippen molar-refractivity contribution in [2.24, 2.45) is 23.2 Å². The van der Waals surface area contributed by atoms with Crippen LogP contribution < -0.4 is 5.32 Å². The Morgan fingerprint density at radius 2 is 1.44 bits per heavy atom. The molecule has 5 heteroatoms. The van der Waals surface area contributed by atoms with Gasteiger partial charge < -0.3 is 19.5 Å². The maximum absolute atomic E-state index is 12.4. The fourth-order valence-electron chi connectivity index (χ4n) is 6.12. The van der Waals surface area contributed by atoms with Crippen molar-refractivity contribution >= 4 is 5.91 Å². The Morgan fingerprint density at radius 3 is 2.07 bits per heavy atom. The van der Waals surface area contributed by atoms with Crippen LogP contribution in [0.2, 0.25) is 0 Å². The lowest BCUT2D eigenvalue weighted by Gasteiger charge is -2.56. The van der Waals surface area contributed by atoms with Crippen molar-refractivity contribution in [3.63, 3.8) is 0 Å². The maximum Gasteiger partial charge on any atom is 0.220 e. The molecule has 4 bridgehead atoms. The third-order valence-corrected chi connectivity index (χ3v) is 6.78. The average Bonchev–Trinajstić information content (AvgIpc) is 2.61. The molecule has 156 valence electrons. The highest BCUT2D eigenvalue weighted by molar-refractivity contribution is 5.76. The molecule has 4 aliphatic rings. The van der Waals surface area contributed by atoms with E-state index in [0.29, 0.717) is 31.8 Å². The second-order valence-corrected chi connectivity index (χ2v) is 9.22. The van der Waals surface area contributed by atoms with E-state index in [2.05, 4.69) is 5.32 Å². The minimum absolute atomic E-state index is 0.229. The molecule has 5 nitrogen and oxygen atoms in total. The number of hydrogen-bond acceptors (Lipinski definition) is 4. The predicted molar refractivity (Wildman–Crippen MR) is 106 cm³/mol. The molecule has 4 rings (SSSR count). The fraction of sp³-hybridized carbons (Fsp3) is 0.955. The van der Waals surface area contributed by atoms with Gasteiger partial charge in [0.25, 0.3) is 0 Å². The summed E-state index contributed by atoms with van der Waals surface area (Å²) < 4.78 is 16.1. The number of carbonyl (C=O) groups is 1. The van der Waals surface area contributed by atoms with Gasteiger partial charge in [-0.3, -0.25) is 4.79 Å². The van der Waals surface area contributed by atoms with Gasteiger partial charge in [0, 0.05) is 33.3 Å². The average molecular weight is 382 g/mol. The van der Waals surface area contributed by atoms with E-state index in [1.165, 1.54) is 38.5 Å². The zero-order valence-corrected chi connectivity index (χ0v) is 17.2. The van der Waals surface area contributed by atoms with E-state index < -0.39 is 0 Å². The lowest BCUT2D eigenvalue weighted by atomic mass is 9.49. The van der Waals surface area contributed by atoms with E-state index in [1.54, 1.807) is 7.11 Å². The quantitative estimate of drug-likeness (QED) is 0.468. The predicted octanol–water partition coefficient (Wildman–Crippen LogP) is 3.56. The minimum atomic E-state index is 0.229. The third-order valence-electron chi connectivity index (χ3n) is 6.78. The summed E-state index contributed by atoms with van der Waals surface area (Å²) in [6, 6.07) is 0. The first-order valence-corrected chi connectivity index (χ1v) is 11.1. The smallest absolute Gasteiger partial charge is 0.220 e. The van der Waals surface area contributed by atoms with Crippen molar-refractivity contribution in [3.8, 4) is 0 Å². The Kier molecular flexibility index (Phi) is 8.41. The first-order chi connectivity index (χ1) is 13.2. The zero-order valence-electron chi connectivity index (χ0n) is 17.2. The van der Waals surface area contributed by atoms with Gasteiger partial charge in [-0.25, -0.2) is 0 Å². The van der Waals surface area contributed by atoms with Gasteiger partial charge in [0.15, 0.2) is 0 Å². The molecule has 0 atom stereocenters. The van der Waals surface area contributed by atoms with Crippen LogP contribution in [0.1, 0.15) is 64.2 Å². The summed E-state index contributed by atoms with van der Waals surface area (Å²) in [6.45, 7) is 4.03. The molecule has 0 aromatic rings. The second-order valence-electron chi connectivity index (χ2n) is 9.22. The Labute approximate surface area is 164 Å². The molecule has 0 radical (unpaired) electrons. The van der Waals surface area contributed by atoms with Crippen LogP contribution in [0, 0.1) is 23.2 Å². The molecule has 27 heavy (non-hydrogen) atoms. The number of ether oxygens (including phenoxy) is 3. The highest BCUT2D eigenvalue weighted by Crippen LogP contribution is 2.61. The molecular formula is C22H39NO4. The minimum Gasteiger partial charge on any atom is -0.385 e. The molecular weight excluding hydrogens is 342 g/mol. The number of hydrogen-bond donors (Lipinski definition) is 1. The van der Waals surface area contributed by atoms with Crippen LogP contribution in [-0.4, -0.2) is 52.6 Å². The van der Waals surface area contributed by atoms with E-state index in [0.717, 1.165) is 56.7 Å². The van der Waals surface area contributed by atoms with Gasteiger partial charge >= 0.3 is 0 Å². The summed E-state index contributed by atoms with van der Waals surface area (Å²) in [7, 11) is 1.74. The van der Waals surface area contributed by atoms with Crippen molar-refractivity contribution < 1.29 is 19.0 Å². The van der Waals surface area contributed by atoms with Crippen molar-refractivity contribution in [3.05, 3.63) is 0 Å². The second kappa shape index (κ2) is 10.8. The summed E-state index contributed by atoms with van der Waals surface area (Å²) >= 11 is 0. The van der Waals surface area contributed by atoms with E-state index in [-0.39, 0.29) is 5.91 Å². The van der Waals surface area contributed by atoms with E-state index in [4.69, 9.17) is 14.2 Å². The van der Waals surface area contributed by atoms with Gasteiger partial charge in [-0.2, -0.15) is 0 Å². The number of carbonyl (C=O) groups excluding carboxylic acids is 1. The van der Waals surface area contributed by atoms with Crippen molar-refractivity contribution in [1.29, 1.82) is 0 Å². The topological polar surface area (TPSA) is 56.8 Å². The number of nitrogens with one attached hydrogen (secondary N) is 1. The molecule has 0 aliphatic heterocycles. The van der Waals surface area contributed by atoms with Crippen LogP contribution in [0.3, 0.4) is 0 Å². The zero-order chi connectivity index (χ0) is 19.0. The van der Waals surface area contributed by atoms with Gasteiger partial charge in [0.05, 0.1) is 19.8 Å². The van der Waals surface area contributed by atoms with Crippen LogP contribution in [0.4, 0.5) is 0 Å². The van der Waals surface area contributed by atoms with E-state index in [1.807, 2.05) is 0 Å². The normalized spacial score (nSPS) is 31.4. The standard InChI is InChI=1S/C22H39NO4/c1-25-6-3-2-4-7-26-9-10-27-8-5-23-21(24)17-22-14-18-11-19(15-22)13-20(12-18)16-22/h18-20H,2-17H2,1H3,(H,23,24). The number of amides is 1. The number of methoxy groups -OCH3 is 1. The van der Waals surface area contributed by atoms with Crippen molar-refractivity contribution in [2.45, 2.75) is 64.2 Å². The Morgan fingerprint density at radius 1 is 0.852 bits per heavy atom. The van der Waals surface area contributed by atoms with Crippen LogP contribution in [-0.2, 0) is 19.0 Å². The molecule has 0 aromatic heterocycles. The summed E-state index contributed by atoms with van der Waals surface area (Å²) in [6.07, 6.45) is 12.2. The molecule has 0 heterocycles. The Balaban J connectivity index is 1.16. The summed E-state index contributed by atoms with van der Waals surface area (Å²) in [5.74, 6) is 2.96. The lowest BCUT2D eigenvalue weighted by Crippen LogP contribution is -2.48. The lowest BCUT2D eigenvalue weighted by molar-refractivity contribution is -0.129. The molecule has 4 saturated carbocycles. The van der Waals surface area contributed by atoms with Gasteiger partial charge in [0.1, 0.15) is 0 Å². The molecule has 1 N–H and O–H groups in total. The molecule has 0 saturated heterocycles. The van der Waals surface area contributed by atoms with E-state index in [9.17, 15) is 4.79 Å². The van der Waals surface area contributed by atoms with Gasteiger partial charge in [0.2, 0.25) is 5.91 Å². The molecule has 4 aliphatic carbocycles. The fourth-order valence-corrected chi connectivity index (χ4v) is 6.12. The number of rotatable bonds is 14. The molecule has 0 spiro atoms. The summed E-state index contributed by atoms with van der Waals surface area (Å²) in [4.78, 5) is 12.4. The van der Waals surface area contributed by atoms with Gasteiger partial charge in [-0.15, -0.1) is 0 Å². The van der Waals surface area contributed by atoms with Crippen LogP contribution in [0.15, 0.2) is 0 Å². The highest BCUT2D eigenvalue weighted by Gasteiger charge is 2.51. The van der Waals surface area contributed by atoms with Gasteiger partial charge in [-0.05, 0) is 81.0 Å². The van der Waals surface area contributed by atoms with E-state index >= 15 is 0 Å². The van der Waals surface area contributed by atoms with Crippen LogP contribution in [0.5, 0.6) is 0 Å². The third kappa shape index (κ3) is 6.72. The number of unbranched alkanes of at least 4 members (excludes halogenated alkanes) is 2. The van der Waals surface area contributed by atoms with Crippen molar-refractivity contribution in [2.75, 3.05) is 46.7 Å². The molecule has 0 aromatic carbocycles. The Hall–Kier alpha value is -0.650. The summed E-state index contributed by atoms with van der Waals surface area (Å²) in [5, 5.41) is 3.07. The first-order valence-electron chi connectivity index (χ1n) is 11.1. The molecule has 4 fully saturated rings. The van der Waals surface area contributed by atoms with Gasteiger partial charge in [-0.1, -0.05) is 0 Å². The monoisotopic (exact) mass is 381 g/mol. The first kappa shape index (κ1) is 21.1. The molecule has 0 unspecified atom stereocenters.